The highest BCUT2D eigenvalue weighted by Crippen LogP contribution is 2.41. The molecule has 1 amide bonds. The van der Waals surface area contributed by atoms with Crippen LogP contribution in [0.4, 0.5) is 9.18 Å². The molecule has 9 atom stereocenters. The van der Waals surface area contributed by atoms with E-state index >= 15 is 0 Å². The summed E-state index contributed by atoms with van der Waals surface area (Å²) in [5.74, 6) is -4.93. The minimum Gasteiger partial charge on any atom is -0.479 e. The maximum Gasteiger partial charge on any atom is 0.410 e. The van der Waals surface area contributed by atoms with Crippen LogP contribution in [0.15, 0.2) is 24.5 Å². The predicted molar refractivity (Wildman–Crippen MR) is 183 cm³/mol. The summed E-state index contributed by atoms with van der Waals surface area (Å²) >= 11 is 0. The number of ketones is 1. The minimum atomic E-state index is -3.05. The average Bonchev–Trinajstić information content (AvgIpc) is 3.66. The standard InChI is InChI=1S/C34H53BFN7O6/c1-10-22(3)34(8)28(43(31(47)49-34)17-12-11-16-42-20-26(40-41-42)25-14-13-15-38-39-25)24(5)37-19-21(2)18-32(6,48-9)27(35)23(4)29(44)33(7,36)30(45)46/h13-15,20-24,27-28,37H,10-12,16-19H2,1-9H3,(H,45,46)/t21-,22-,23+,24-,27-,28-,32-,33+,34-/m1/s1. The maximum atomic E-state index is 14.7. The number of cyclic esters (lactones) is 1. The van der Waals surface area contributed by atoms with Crippen molar-refractivity contribution in [2.45, 2.75) is 122 Å². The van der Waals surface area contributed by atoms with Gasteiger partial charge in [0, 0.05) is 38.4 Å². The lowest BCUT2D eigenvalue weighted by Crippen LogP contribution is -2.58. The number of ether oxygens (including phenoxy) is 2. The second-order valence-electron chi connectivity index (χ2n) is 14.2. The first-order valence-corrected chi connectivity index (χ1v) is 17.1. The number of rotatable bonds is 20. The number of carboxylic acid groups (broad SMARTS) is 1. The predicted octanol–water partition coefficient (Wildman–Crippen LogP) is 4.53. The van der Waals surface area contributed by atoms with E-state index in [2.05, 4.69) is 39.7 Å². The van der Waals surface area contributed by atoms with Crippen molar-refractivity contribution in [2.75, 3.05) is 20.2 Å². The van der Waals surface area contributed by atoms with Crippen LogP contribution in [0.25, 0.3) is 11.4 Å². The molecule has 3 rings (SSSR count). The van der Waals surface area contributed by atoms with Crippen LogP contribution in [0.3, 0.4) is 0 Å². The van der Waals surface area contributed by atoms with E-state index in [-0.39, 0.29) is 30.0 Å². The molecule has 0 bridgehead atoms. The fraction of sp³-hybridized carbons (Fsp3) is 0.735. The van der Waals surface area contributed by atoms with Crippen LogP contribution in [0, 0.1) is 17.8 Å². The van der Waals surface area contributed by atoms with Crippen molar-refractivity contribution in [3.8, 4) is 11.4 Å². The summed E-state index contributed by atoms with van der Waals surface area (Å²) in [5.41, 5.74) is -3.53. The Bertz CT molecular complexity index is 1420. The number of amides is 1. The van der Waals surface area contributed by atoms with E-state index in [0.29, 0.717) is 37.4 Å². The van der Waals surface area contributed by atoms with Gasteiger partial charge in [-0.2, -0.15) is 5.10 Å². The van der Waals surface area contributed by atoms with Gasteiger partial charge in [-0.25, -0.2) is 14.0 Å². The molecule has 13 nitrogen and oxygen atoms in total. The van der Waals surface area contributed by atoms with Gasteiger partial charge in [0.25, 0.3) is 5.67 Å². The number of halogens is 1. The van der Waals surface area contributed by atoms with Gasteiger partial charge in [-0.15, -0.1) is 10.2 Å². The Morgan fingerprint density at radius 1 is 1.18 bits per heavy atom. The molecule has 0 saturated carbocycles. The number of Topliss-reactive ketones (excluding diaryl/α,β-unsaturated/α-hetero) is 1. The van der Waals surface area contributed by atoms with Gasteiger partial charge in [0.2, 0.25) is 0 Å². The van der Waals surface area contributed by atoms with Gasteiger partial charge < -0.3 is 19.9 Å². The summed E-state index contributed by atoms with van der Waals surface area (Å²) < 4.78 is 28.3. The number of nitrogens with one attached hydrogen (secondary N) is 1. The Labute approximate surface area is 290 Å². The van der Waals surface area contributed by atoms with Gasteiger partial charge >= 0.3 is 12.1 Å². The van der Waals surface area contributed by atoms with Crippen LogP contribution in [0.2, 0.25) is 5.82 Å². The van der Waals surface area contributed by atoms with Crippen molar-refractivity contribution in [3.63, 3.8) is 0 Å². The first kappa shape index (κ1) is 40.0. The van der Waals surface area contributed by atoms with Gasteiger partial charge in [-0.1, -0.05) is 32.9 Å². The minimum absolute atomic E-state index is 0.0206. The van der Waals surface area contributed by atoms with Crippen molar-refractivity contribution in [1.29, 1.82) is 0 Å². The first-order chi connectivity index (χ1) is 22.9. The molecule has 1 aliphatic heterocycles. The van der Waals surface area contributed by atoms with Gasteiger partial charge in [0.15, 0.2) is 5.78 Å². The third-order valence-corrected chi connectivity index (χ3v) is 10.5. The monoisotopic (exact) mass is 685 g/mol. The third-order valence-electron chi connectivity index (χ3n) is 10.5. The number of carbonyl (C=O) groups excluding carboxylic acids is 2. The fourth-order valence-electron chi connectivity index (χ4n) is 6.89. The van der Waals surface area contributed by atoms with E-state index < -0.39 is 40.4 Å². The number of nitrogens with zero attached hydrogens (tertiary/aromatic N) is 6. The van der Waals surface area contributed by atoms with E-state index in [1.807, 2.05) is 37.9 Å². The topological polar surface area (TPSA) is 162 Å². The van der Waals surface area contributed by atoms with E-state index in [4.69, 9.17) is 17.3 Å². The lowest BCUT2D eigenvalue weighted by Gasteiger charge is -2.42. The van der Waals surface area contributed by atoms with Gasteiger partial charge in [0.05, 0.1) is 25.7 Å². The first-order valence-electron chi connectivity index (χ1n) is 17.1. The summed E-state index contributed by atoms with van der Waals surface area (Å²) in [6, 6.07) is 3.22. The summed E-state index contributed by atoms with van der Waals surface area (Å²) in [7, 11) is 7.92. The molecule has 1 aliphatic rings. The van der Waals surface area contributed by atoms with Gasteiger partial charge in [-0.05, 0) is 89.7 Å². The smallest absolute Gasteiger partial charge is 0.410 e. The molecular formula is C34H53BFN7O6. The normalized spacial score (nSPS) is 23.5. The van der Waals surface area contributed by atoms with Crippen LogP contribution in [0.1, 0.15) is 81.1 Å². The highest BCUT2D eigenvalue weighted by molar-refractivity contribution is 6.17. The number of aromatic nitrogens is 5. The number of alkyl halides is 1. The molecule has 0 aliphatic carbocycles. The highest BCUT2D eigenvalue weighted by atomic mass is 19.1. The molecule has 2 radical (unpaired) electrons. The number of carbonyl (C=O) groups is 3. The Morgan fingerprint density at radius 3 is 2.45 bits per heavy atom. The summed E-state index contributed by atoms with van der Waals surface area (Å²) in [5, 5.41) is 29.2. The van der Waals surface area contributed by atoms with Crippen molar-refractivity contribution in [3.05, 3.63) is 24.5 Å². The molecule has 1 fully saturated rings. The zero-order valence-corrected chi connectivity index (χ0v) is 30.4. The number of hydrogen-bond acceptors (Lipinski definition) is 10. The van der Waals surface area contributed by atoms with E-state index in [1.54, 1.807) is 23.9 Å². The SMILES string of the molecule is [B][C@H]([C@H](C)C(=O)[C@](C)(F)C(=O)O)[C@@](C)(C[C@@H](C)CN[C@H](C)[C@H]1N(CCCCn2cc(-c3cccnn3)nn2)C(=O)O[C@]1(C)[C@H](C)CC)OC. The highest BCUT2D eigenvalue weighted by Gasteiger charge is 2.55. The van der Waals surface area contributed by atoms with Crippen LogP contribution in [-0.2, 0) is 25.6 Å². The molecule has 3 heterocycles. The number of hydrogen-bond donors (Lipinski definition) is 2. The Morgan fingerprint density at radius 2 is 1.86 bits per heavy atom. The van der Waals surface area contributed by atoms with Crippen LogP contribution >= 0.6 is 0 Å². The molecule has 2 N–H and O–H groups in total. The Hall–Kier alpha value is -3.46. The molecule has 0 aromatic carbocycles. The Kier molecular flexibility index (Phi) is 13.5. The quantitative estimate of drug-likeness (QED) is 0.115. The van der Waals surface area contributed by atoms with Gasteiger partial charge in [0.1, 0.15) is 17.0 Å². The molecule has 0 unspecified atom stereocenters. The molecule has 2 aromatic rings. The van der Waals surface area contributed by atoms with Crippen molar-refractivity contribution >= 4 is 25.7 Å². The summed E-state index contributed by atoms with van der Waals surface area (Å²) in [6.07, 6.45) is 5.83. The molecule has 270 valence electrons. The second kappa shape index (κ2) is 16.5. The zero-order valence-electron chi connectivity index (χ0n) is 30.4. The van der Waals surface area contributed by atoms with Crippen LogP contribution in [-0.4, -0.2) is 110 Å². The lowest BCUT2D eigenvalue weighted by molar-refractivity contribution is -0.158. The number of aryl methyl sites for hydroxylation is 1. The molecular weight excluding hydrogens is 632 g/mol. The van der Waals surface area contributed by atoms with Crippen molar-refractivity contribution in [2.24, 2.45) is 17.8 Å². The fourth-order valence-corrected chi connectivity index (χ4v) is 6.89. The molecule has 49 heavy (non-hydrogen) atoms. The van der Waals surface area contributed by atoms with Crippen molar-refractivity contribution in [1.82, 2.24) is 35.4 Å². The summed E-state index contributed by atoms with van der Waals surface area (Å²) in [6.45, 7) is 15.8. The van der Waals surface area contributed by atoms with E-state index in [0.717, 1.165) is 26.2 Å². The number of aliphatic carboxylic acids is 1. The van der Waals surface area contributed by atoms with E-state index in [1.165, 1.54) is 14.0 Å². The Balaban J connectivity index is 1.64. The molecule has 0 spiro atoms. The third kappa shape index (κ3) is 9.02. The summed E-state index contributed by atoms with van der Waals surface area (Å²) in [4.78, 5) is 39.2. The van der Waals surface area contributed by atoms with Crippen LogP contribution < -0.4 is 5.32 Å². The molecule has 2 aromatic heterocycles. The molecule has 1 saturated heterocycles. The largest absolute Gasteiger partial charge is 0.479 e. The number of unbranched alkanes of at least 4 members (excludes halogenated alkanes) is 1. The van der Waals surface area contributed by atoms with Gasteiger partial charge in [-0.3, -0.25) is 14.4 Å². The molecule has 15 heteroatoms. The maximum absolute atomic E-state index is 14.7. The second-order valence-corrected chi connectivity index (χ2v) is 14.2. The number of methoxy groups -OCH3 is 1. The van der Waals surface area contributed by atoms with Crippen molar-refractivity contribution < 1.29 is 33.4 Å². The average molecular weight is 686 g/mol. The van der Waals surface area contributed by atoms with E-state index in [9.17, 15) is 23.9 Å². The lowest BCUT2D eigenvalue weighted by atomic mass is 9.62. The number of carboxylic acids is 1. The zero-order chi connectivity index (χ0) is 36.7. The van der Waals surface area contributed by atoms with Crippen LogP contribution in [0.5, 0.6) is 0 Å².